The number of imide groups is 1. The molecule has 0 bridgehead atoms. The molecule has 3 amide bonds. The van der Waals surface area contributed by atoms with Gasteiger partial charge < -0.3 is 31.3 Å². The third-order valence-corrected chi connectivity index (χ3v) is 7.62. The summed E-state index contributed by atoms with van der Waals surface area (Å²) in [5.74, 6) is -1.30. The van der Waals surface area contributed by atoms with Gasteiger partial charge in [0.1, 0.15) is 6.10 Å². The van der Waals surface area contributed by atoms with Crippen LogP contribution in [0.25, 0.3) is 0 Å². The van der Waals surface area contributed by atoms with Crippen molar-refractivity contribution >= 4 is 52.8 Å². The maximum absolute atomic E-state index is 12.9. The Kier molecular flexibility index (Phi) is 5.34. The molecule has 0 aromatic heterocycles. The number of nitrogens with one attached hydrogen (secondary N) is 6. The summed E-state index contributed by atoms with van der Waals surface area (Å²) in [5.41, 5.74) is -1.21. The topological polar surface area (TPSA) is 174 Å². The number of hydrogen-bond acceptors (Lipinski definition) is 6. The van der Waals surface area contributed by atoms with Crippen LogP contribution in [0.2, 0.25) is 10.0 Å². The van der Waals surface area contributed by atoms with Crippen LogP contribution >= 0.6 is 23.2 Å². The van der Waals surface area contributed by atoms with Gasteiger partial charge in [-0.1, -0.05) is 29.3 Å². The van der Waals surface area contributed by atoms with Gasteiger partial charge in [0.05, 0.1) is 40.3 Å². The molecule has 4 fully saturated rings. The lowest BCUT2D eigenvalue weighted by Gasteiger charge is -2.49. The first-order chi connectivity index (χ1) is 16.1. The number of nitrogens with zero attached hydrogens (tertiary/aromatic N) is 2. The Balaban J connectivity index is 1.42. The summed E-state index contributed by atoms with van der Waals surface area (Å²) in [7, 11) is 0. The molecular formula is C20H22Cl2N8O4. The molecule has 1 spiro atoms. The SMILES string of the molecule is N=C1NC2C(CN3C(=O)CCC3=O)NC(=N)N3C[C@H](NC(=O)c4cccc(Cl)c4Cl)C(O)C23N1. The predicted molar refractivity (Wildman–Crippen MR) is 122 cm³/mol. The minimum absolute atomic E-state index is 0.0237. The highest BCUT2D eigenvalue weighted by molar-refractivity contribution is 6.43. The largest absolute Gasteiger partial charge is 0.386 e. The van der Waals surface area contributed by atoms with Gasteiger partial charge in [-0.2, -0.15) is 0 Å². The number of aliphatic hydroxyl groups excluding tert-OH is 1. The van der Waals surface area contributed by atoms with E-state index < -0.39 is 35.8 Å². The van der Waals surface area contributed by atoms with E-state index in [0.29, 0.717) is 0 Å². The van der Waals surface area contributed by atoms with Gasteiger partial charge in [-0.25, -0.2) is 0 Å². The molecular weight excluding hydrogens is 487 g/mol. The molecule has 5 rings (SSSR count). The highest BCUT2D eigenvalue weighted by Crippen LogP contribution is 2.38. The van der Waals surface area contributed by atoms with E-state index in [1.807, 2.05) is 0 Å². The Hall–Kier alpha value is -3.09. The molecule has 14 heteroatoms. The number of likely N-dealkylation sites (tertiary alicyclic amines) is 1. The fourth-order valence-electron chi connectivity index (χ4n) is 5.23. The highest BCUT2D eigenvalue weighted by Gasteiger charge is 2.67. The van der Waals surface area contributed by atoms with Crippen LogP contribution in [0.15, 0.2) is 18.2 Å². The summed E-state index contributed by atoms with van der Waals surface area (Å²) < 4.78 is 0. The number of carbonyl (C=O) groups excluding carboxylic acids is 3. The van der Waals surface area contributed by atoms with E-state index in [9.17, 15) is 19.5 Å². The smallest absolute Gasteiger partial charge is 0.253 e. The second-order valence-electron chi connectivity index (χ2n) is 8.68. The summed E-state index contributed by atoms with van der Waals surface area (Å²) in [4.78, 5) is 39.9. The zero-order valence-corrected chi connectivity index (χ0v) is 19.2. The Morgan fingerprint density at radius 3 is 2.62 bits per heavy atom. The van der Waals surface area contributed by atoms with Gasteiger partial charge in [0.15, 0.2) is 17.6 Å². The first-order valence-corrected chi connectivity index (χ1v) is 11.4. The molecule has 0 aliphatic carbocycles. The Morgan fingerprint density at radius 2 is 1.91 bits per heavy atom. The van der Waals surface area contributed by atoms with Gasteiger partial charge in [0.2, 0.25) is 11.8 Å². The maximum atomic E-state index is 12.9. The van der Waals surface area contributed by atoms with Gasteiger partial charge in [-0.3, -0.25) is 30.1 Å². The Labute approximate surface area is 203 Å². The number of amides is 3. The molecule has 12 nitrogen and oxygen atoms in total. The lowest BCUT2D eigenvalue weighted by molar-refractivity contribution is -0.139. The van der Waals surface area contributed by atoms with Gasteiger partial charge in [0, 0.05) is 19.4 Å². The summed E-state index contributed by atoms with van der Waals surface area (Å²) in [6, 6.07) is 2.46. The molecule has 180 valence electrons. The lowest BCUT2D eigenvalue weighted by atomic mass is 9.87. The van der Waals surface area contributed by atoms with Crippen LogP contribution in [-0.4, -0.2) is 87.5 Å². The quantitative estimate of drug-likeness (QED) is 0.254. The molecule has 7 N–H and O–H groups in total. The molecule has 1 aromatic carbocycles. The molecule has 34 heavy (non-hydrogen) atoms. The highest BCUT2D eigenvalue weighted by atomic mass is 35.5. The van der Waals surface area contributed by atoms with Gasteiger partial charge >= 0.3 is 0 Å². The van der Waals surface area contributed by atoms with Crippen LogP contribution in [0.4, 0.5) is 0 Å². The van der Waals surface area contributed by atoms with Gasteiger partial charge in [-0.05, 0) is 12.1 Å². The first-order valence-electron chi connectivity index (χ1n) is 10.7. The van der Waals surface area contributed by atoms with E-state index in [1.165, 1.54) is 11.0 Å². The van der Waals surface area contributed by atoms with Crippen molar-refractivity contribution in [1.82, 2.24) is 31.1 Å². The molecule has 4 heterocycles. The molecule has 4 aliphatic heterocycles. The fourth-order valence-corrected chi connectivity index (χ4v) is 5.62. The van der Waals surface area contributed by atoms with E-state index in [4.69, 9.17) is 34.0 Å². The van der Waals surface area contributed by atoms with Crippen molar-refractivity contribution in [1.29, 1.82) is 10.8 Å². The third-order valence-electron chi connectivity index (χ3n) is 6.80. The number of guanidine groups is 2. The first kappa shape index (κ1) is 22.7. The number of benzene rings is 1. The van der Waals surface area contributed by atoms with E-state index in [2.05, 4.69) is 21.3 Å². The van der Waals surface area contributed by atoms with Crippen LogP contribution in [-0.2, 0) is 9.59 Å². The average Bonchev–Trinajstić information content (AvgIpc) is 3.40. The molecule has 4 saturated heterocycles. The van der Waals surface area contributed by atoms with Gasteiger partial charge in [-0.15, -0.1) is 0 Å². The second-order valence-corrected chi connectivity index (χ2v) is 9.47. The minimum Gasteiger partial charge on any atom is -0.386 e. The molecule has 5 atom stereocenters. The number of halogens is 2. The monoisotopic (exact) mass is 508 g/mol. The summed E-state index contributed by atoms with van der Waals surface area (Å²) in [5, 5.41) is 40.0. The predicted octanol–water partition coefficient (Wildman–Crippen LogP) is -0.984. The van der Waals surface area contributed by atoms with Gasteiger partial charge in [0.25, 0.3) is 5.91 Å². The zero-order valence-electron chi connectivity index (χ0n) is 17.7. The summed E-state index contributed by atoms with van der Waals surface area (Å²) in [6.07, 6.45) is -0.991. The van der Waals surface area contributed by atoms with Crippen LogP contribution in [0.3, 0.4) is 0 Å². The number of carbonyl (C=O) groups is 3. The van der Waals surface area contributed by atoms with E-state index in [0.717, 1.165) is 4.90 Å². The maximum Gasteiger partial charge on any atom is 0.253 e. The normalized spacial score (nSPS) is 32.2. The van der Waals surface area contributed by atoms with E-state index in [1.54, 1.807) is 12.1 Å². The van der Waals surface area contributed by atoms with E-state index >= 15 is 0 Å². The molecule has 1 aromatic rings. The number of hydrogen-bond donors (Lipinski definition) is 7. The lowest BCUT2D eigenvalue weighted by Crippen LogP contribution is -2.78. The van der Waals surface area contributed by atoms with Crippen molar-refractivity contribution in [2.45, 2.75) is 42.7 Å². The standard InChI is InChI=1S/C20H22Cl2N8O4/c21-9-3-1-2-8(14(9)22)17(34)25-11-7-30-19(24)26-10(6-29-12(31)4-5-13(29)32)15-20(30,16(11)33)28-18(23)27-15/h1-3,10-11,15-16,33H,4-7H2,(H2,24,26)(H,25,34)(H3,23,27,28)/t10?,11-,15?,16?,20?/m0/s1. The number of rotatable bonds is 4. The number of aliphatic hydroxyl groups is 1. The van der Waals surface area contributed by atoms with E-state index in [-0.39, 0.29) is 65.3 Å². The summed E-state index contributed by atoms with van der Waals surface area (Å²) >= 11 is 12.2. The molecule has 0 saturated carbocycles. The Morgan fingerprint density at radius 1 is 1.21 bits per heavy atom. The van der Waals surface area contributed by atoms with Crippen molar-refractivity contribution in [2.24, 2.45) is 0 Å². The second kappa shape index (κ2) is 8.00. The molecule has 0 radical (unpaired) electrons. The van der Waals surface area contributed by atoms with Crippen molar-refractivity contribution in [3.8, 4) is 0 Å². The van der Waals surface area contributed by atoms with Crippen LogP contribution < -0.4 is 21.3 Å². The van der Waals surface area contributed by atoms with Crippen molar-refractivity contribution in [3.63, 3.8) is 0 Å². The van der Waals surface area contributed by atoms with Crippen molar-refractivity contribution in [3.05, 3.63) is 33.8 Å². The van der Waals surface area contributed by atoms with Crippen LogP contribution in [0, 0.1) is 10.8 Å². The molecule has 4 unspecified atom stereocenters. The van der Waals surface area contributed by atoms with Crippen molar-refractivity contribution < 1.29 is 19.5 Å². The third kappa shape index (κ3) is 3.28. The van der Waals surface area contributed by atoms with Crippen LogP contribution in [0.1, 0.15) is 23.2 Å². The fraction of sp³-hybridized carbons (Fsp3) is 0.450. The van der Waals surface area contributed by atoms with Crippen molar-refractivity contribution in [2.75, 3.05) is 13.1 Å². The minimum atomic E-state index is -1.36. The Bertz CT molecular complexity index is 1120. The van der Waals surface area contributed by atoms with Crippen LogP contribution in [0.5, 0.6) is 0 Å². The molecule has 4 aliphatic rings. The average molecular weight is 509 g/mol. The zero-order chi connectivity index (χ0) is 24.4. The summed E-state index contributed by atoms with van der Waals surface area (Å²) in [6.45, 7) is 0.0355.